The van der Waals surface area contributed by atoms with Crippen molar-refractivity contribution in [1.29, 1.82) is 0 Å². The van der Waals surface area contributed by atoms with Crippen LogP contribution in [0.3, 0.4) is 0 Å². The predicted molar refractivity (Wildman–Crippen MR) is 55.2 cm³/mol. The summed E-state index contributed by atoms with van der Waals surface area (Å²) in [4.78, 5) is 21.9. The molecule has 0 aromatic heterocycles. The van der Waals surface area contributed by atoms with Crippen LogP contribution >= 0.6 is 0 Å². The molecule has 0 amide bonds. The van der Waals surface area contributed by atoms with Gasteiger partial charge in [-0.25, -0.2) is 0 Å². The van der Waals surface area contributed by atoms with Crippen molar-refractivity contribution in [3.05, 3.63) is 10.8 Å². The van der Waals surface area contributed by atoms with E-state index >= 15 is 0 Å². The average Bonchev–Trinajstić information content (AvgIpc) is 1.94. The Balaban J connectivity index is 5.81. The van der Waals surface area contributed by atoms with Gasteiger partial charge in [-0.1, -0.05) is 33.5 Å². The fourth-order valence-electron chi connectivity index (χ4n) is 1.45. The summed E-state index contributed by atoms with van der Waals surface area (Å²) in [5, 5.41) is 21.8. The molecule has 0 aromatic carbocycles. The first kappa shape index (κ1) is 13.9. The van der Waals surface area contributed by atoms with E-state index in [2.05, 4.69) is 0 Å². The first-order valence-corrected chi connectivity index (χ1v) is 8.26. The lowest BCUT2D eigenvalue weighted by atomic mass is 10.0. The van der Waals surface area contributed by atoms with E-state index in [1.54, 1.807) is 33.5 Å². The van der Waals surface area contributed by atoms with E-state index in [4.69, 9.17) is 0 Å². The highest BCUT2D eigenvalue weighted by atomic mass is 28.3. The summed E-state index contributed by atoms with van der Waals surface area (Å²) in [7, 11) is -2.24. The first-order valence-electron chi connectivity index (χ1n) is 4.76. The largest absolute Gasteiger partial charge is 0.546 e. The van der Waals surface area contributed by atoms with Gasteiger partial charge in [-0.3, -0.25) is 0 Å². The van der Waals surface area contributed by atoms with Crippen LogP contribution in [0.25, 0.3) is 0 Å². The number of rotatable bonds is 4. The maximum absolute atomic E-state index is 11.0. The lowest BCUT2D eigenvalue weighted by Crippen LogP contribution is -2.43. The van der Waals surface area contributed by atoms with Crippen molar-refractivity contribution < 1.29 is 19.8 Å². The zero-order chi connectivity index (χ0) is 12.4. The zero-order valence-corrected chi connectivity index (χ0v) is 10.7. The second kappa shape index (κ2) is 4.61. The van der Waals surface area contributed by atoms with Gasteiger partial charge in [-0.2, -0.15) is 0 Å². The molecule has 0 rings (SSSR count). The highest BCUT2D eigenvalue weighted by Crippen LogP contribution is 2.23. The van der Waals surface area contributed by atoms with Gasteiger partial charge >= 0.3 is 0 Å². The maximum atomic E-state index is 11.0. The van der Waals surface area contributed by atoms with Crippen LogP contribution in [-0.2, 0) is 9.59 Å². The fraction of sp³-hybridized carbons (Fsp3) is 0.600. The second-order valence-electron chi connectivity index (χ2n) is 4.77. The van der Waals surface area contributed by atoms with E-state index < -0.39 is 20.0 Å². The molecule has 0 N–H and O–H groups in total. The molecule has 0 unspecified atom stereocenters. The van der Waals surface area contributed by atoms with Gasteiger partial charge < -0.3 is 19.8 Å². The van der Waals surface area contributed by atoms with Crippen molar-refractivity contribution in [3.63, 3.8) is 0 Å². The van der Waals surface area contributed by atoms with Gasteiger partial charge in [-0.05, 0) is 16.7 Å². The summed E-state index contributed by atoms with van der Waals surface area (Å²) in [5.41, 5.74) is -0.130. The third kappa shape index (κ3) is 3.51. The predicted octanol–water partition coefficient (Wildman–Crippen LogP) is -0.684. The molecule has 0 spiro atoms. The molecule has 0 radical (unpaired) electrons. The SMILES string of the molecule is CC(C)/C(C(=O)[O-])=C(\C(=O)[O-])[Si](C)(C)C. The minimum atomic E-state index is -2.24. The number of carbonyl (C=O) groups is 2. The van der Waals surface area contributed by atoms with Gasteiger partial charge in [0.15, 0.2) is 0 Å². The van der Waals surface area contributed by atoms with Crippen LogP contribution in [0.4, 0.5) is 0 Å². The number of carbonyl (C=O) groups excluding carboxylic acids is 2. The number of carboxylic acid groups (broad SMARTS) is 2. The molecule has 15 heavy (non-hydrogen) atoms. The fourth-order valence-corrected chi connectivity index (χ4v) is 3.26. The summed E-state index contributed by atoms with van der Waals surface area (Å²) in [6, 6.07) is 0. The Labute approximate surface area is 90.6 Å². The lowest BCUT2D eigenvalue weighted by Gasteiger charge is -2.28. The molecule has 5 heteroatoms. The van der Waals surface area contributed by atoms with Crippen molar-refractivity contribution in [2.75, 3.05) is 0 Å². The van der Waals surface area contributed by atoms with Crippen LogP contribution in [0.15, 0.2) is 10.8 Å². The quantitative estimate of drug-likeness (QED) is 0.471. The smallest absolute Gasteiger partial charge is 0.0804 e. The van der Waals surface area contributed by atoms with Gasteiger partial charge in [0.05, 0.1) is 20.0 Å². The Morgan fingerprint density at radius 2 is 1.40 bits per heavy atom. The number of hydrogen-bond acceptors (Lipinski definition) is 4. The summed E-state index contributed by atoms with van der Waals surface area (Å²) in [6.45, 7) is 8.57. The highest BCUT2D eigenvalue weighted by Gasteiger charge is 2.26. The maximum Gasteiger partial charge on any atom is 0.0804 e. The van der Waals surface area contributed by atoms with Crippen LogP contribution in [0.5, 0.6) is 0 Å². The topological polar surface area (TPSA) is 80.3 Å². The van der Waals surface area contributed by atoms with Crippen LogP contribution in [0, 0.1) is 5.92 Å². The molecule has 0 heterocycles. The lowest BCUT2D eigenvalue weighted by molar-refractivity contribution is -0.304. The van der Waals surface area contributed by atoms with Crippen molar-refractivity contribution in [2.45, 2.75) is 33.5 Å². The van der Waals surface area contributed by atoms with E-state index in [1.165, 1.54) is 0 Å². The minimum Gasteiger partial charge on any atom is -0.546 e. The summed E-state index contributed by atoms with van der Waals surface area (Å²) in [5.74, 6) is -3.18. The molecule has 0 aliphatic rings. The molecule has 0 aliphatic heterocycles. The minimum absolute atomic E-state index is 0.0579. The van der Waals surface area contributed by atoms with Crippen LogP contribution < -0.4 is 10.2 Å². The molecular formula is C10H16O4Si-2. The van der Waals surface area contributed by atoms with Crippen molar-refractivity contribution in [2.24, 2.45) is 5.92 Å². The Morgan fingerprint density at radius 3 is 1.47 bits per heavy atom. The Bertz CT molecular complexity index is 310. The van der Waals surface area contributed by atoms with Gasteiger partial charge in [-0.15, -0.1) is 0 Å². The molecule has 0 saturated heterocycles. The molecule has 0 fully saturated rings. The molecule has 86 valence electrons. The molecule has 4 nitrogen and oxygen atoms in total. The Kier molecular flexibility index (Phi) is 4.27. The van der Waals surface area contributed by atoms with E-state index in [1.807, 2.05) is 0 Å². The molecule has 0 atom stereocenters. The monoisotopic (exact) mass is 228 g/mol. The second-order valence-corrected chi connectivity index (χ2v) is 9.77. The van der Waals surface area contributed by atoms with E-state index in [-0.39, 0.29) is 16.7 Å². The summed E-state index contributed by atoms with van der Waals surface area (Å²) in [6.07, 6.45) is 0. The molecule has 0 bridgehead atoms. The van der Waals surface area contributed by atoms with Crippen LogP contribution in [-0.4, -0.2) is 20.0 Å². The van der Waals surface area contributed by atoms with Gasteiger partial charge in [0.25, 0.3) is 0 Å². The van der Waals surface area contributed by atoms with E-state index in [0.29, 0.717) is 0 Å². The number of hydrogen-bond donors (Lipinski definition) is 0. The highest BCUT2D eigenvalue weighted by molar-refractivity contribution is 6.87. The van der Waals surface area contributed by atoms with Crippen molar-refractivity contribution in [1.82, 2.24) is 0 Å². The number of aliphatic carboxylic acids is 2. The van der Waals surface area contributed by atoms with Gasteiger partial charge in [0, 0.05) is 0 Å². The van der Waals surface area contributed by atoms with Gasteiger partial charge in [0.2, 0.25) is 0 Å². The van der Waals surface area contributed by atoms with E-state index in [0.717, 1.165) is 0 Å². The Morgan fingerprint density at radius 1 is 1.00 bits per heavy atom. The number of carboxylic acids is 2. The third-order valence-electron chi connectivity index (χ3n) is 2.02. The molecular weight excluding hydrogens is 212 g/mol. The first-order chi connectivity index (χ1) is 6.59. The van der Waals surface area contributed by atoms with E-state index in [9.17, 15) is 19.8 Å². The summed E-state index contributed by atoms with van der Waals surface area (Å²) < 4.78 is 0. The molecule has 0 saturated carbocycles. The van der Waals surface area contributed by atoms with Crippen molar-refractivity contribution >= 4 is 20.0 Å². The summed E-state index contributed by atoms with van der Waals surface area (Å²) >= 11 is 0. The van der Waals surface area contributed by atoms with Gasteiger partial charge in [0.1, 0.15) is 0 Å². The normalized spacial score (nSPS) is 13.7. The standard InChI is InChI=1S/C10H18O4Si/c1-6(2)7(9(11)12)8(10(13)14)15(3,4)5/h6H,1-5H3,(H,11,12)(H,13,14)/p-2/b8-7-. The van der Waals surface area contributed by atoms with Crippen LogP contribution in [0.2, 0.25) is 19.6 Å². The van der Waals surface area contributed by atoms with Crippen molar-refractivity contribution in [3.8, 4) is 0 Å². The zero-order valence-electron chi connectivity index (χ0n) is 9.71. The third-order valence-corrected chi connectivity index (χ3v) is 3.99. The average molecular weight is 228 g/mol. The molecule has 0 aliphatic carbocycles. The Hall–Kier alpha value is -1.10. The van der Waals surface area contributed by atoms with Crippen LogP contribution in [0.1, 0.15) is 13.8 Å². The molecule has 0 aromatic rings.